The summed E-state index contributed by atoms with van der Waals surface area (Å²) in [6, 6.07) is 12.9. The number of nitrogens with zero attached hydrogens (tertiary/aromatic N) is 4. The minimum atomic E-state index is -4.62. The first-order valence-electron chi connectivity index (χ1n) is 9.05. The molecule has 2 heterocycles. The molecule has 7 nitrogen and oxygen atoms in total. The number of aromatic nitrogens is 4. The smallest absolute Gasteiger partial charge is 0.340 e. The lowest BCUT2D eigenvalue weighted by Crippen LogP contribution is -2.18. The standard InChI is InChI=1S/C21H15F3N6O/c22-21(23,24)17-4-2-1-3-16(17)20(31)29-15-7-5-14(6-8-15)28-18-11-19(27-12-26-18)30-10-9-25-13-30/h1-13H,(H,29,31)(H,26,27,28). The molecule has 2 aromatic carbocycles. The van der Waals surface area contributed by atoms with Crippen LogP contribution in [0.3, 0.4) is 0 Å². The fourth-order valence-corrected chi connectivity index (χ4v) is 2.86. The highest BCUT2D eigenvalue weighted by atomic mass is 19.4. The lowest BCUT2D eigenvalue weighted by molar-refractivity contribution is -0.137. The first-order valence-corrected chi connectivity index (χ1v) is 9.05. The Kier molecular flexibility index (Phi) is 5.35. The number of carbonyl (C=O) groups excluding carboxylic acids is 1. The van der Waals surface area contributed by atoms with Crippen LogP contribution in [0.5, 0.6) is 0 Å². The van der Waals surface area contributed by atoms with E-state index in [1.54, 1.807) is 53.6 Å². The van der Waals surface area contributed by atoms with E-state index in [0.29, 0.717) is 23.0 Å². The summed E-state index contributed by atoms with van der Waals surface area (Å²) in [5, 5.41) is 5.59. The van der Waals surface area contributed by atoms with E-state index >= 15 is 0 Å². The van der Waals surface area contributed by atoms with Gasteiger partial charge in [-0.15, -0.1) is 0 Å². The van der Waals surface area contributed by atoms with Crippen LogP contribution in [0.25, 0.3) is 5.82 Å². The van der Waals surface area contributed by atoms with Crippen LogP contribution in [0.2, 0.25) is 0 Å². The fourth-order valence-electron chi connectivity index (χ4n) is 2.86. The van der Waals surface area contributed by atoms with E-state index in [1.165, 1.54) is 18.5 Å². The van der Waals surface area contributed by atoms with Crippen LogP contribution in [0.15, 0.2) is 79.6 Å². The van der Waals surface area contributed by atoms with Gasteiger partial charge in [-0.1, -0.05) is 12.1 Å². The van der Waals surface area contributed by atoms with Crippen LogP contribution in [-0.2, 0) is 6.18 Å². The molecule has 156 valence electrons. The first-order chi connectivity index (χ1) is 14.9. The van der Waals surface area contributed by atoms with Crippen molar-refractivity contribution in [3.05, 3.63) is 90.8 Å². The maximum atomic E-state index is 13.1. The number of anilines is 3. The first kappa shape index (κ1) is 20.1. The second kappa shape index (κ2) is 8.27. The Morgan fingerprint density at radius 1 is 0.968 bits per heavy atom. The lowest BCUT2D eigenvalue weighted by Gasteiger charge is -2.13. The van der Waals surface area contributed by atoms with E-state index in [4.69, 9.17) is 0 Å². The molecule has 4 rings (SSSR count). The number of nitrogens with one attached hydrogen (secondary N) is 2. The Labute approximate surface area is 174 Å². The van der Waals surface area contributed by atoms with Crippen LogP contribution in [0.4, 0.5) is 30.4 Å². The second-order valence-corrected chi connectivity index (χ2v) is 6.43. The molecule has 0 atom stereocenters. The molecule has 0 fully saturated rings. The summed E-state index contributed by atoms with van der Waals surface area (Å²) in [6.07, 6.45) is 1.79. The molecule has 10 heteroatoms. The average Bonchev–Trinajstić information content (AvgIpc) is 3.30. The summed E-state index contributed by atoms with van der Waals surface area (Å²) < 4.78 is 41.1. The number of amides is 1. The Balaban J connectivity index is 1.46. The van der Waals surface area contributed by atoms with E-state index in [1.807, 2.05) is 0 Å². The van der Waals surface area contributed by atoms with Gasteiger partial charge in [0.1, 0.15) is 24.3 Å². The largest absolute Gasteiger partial charge is 0.417 e. The van der Waals surface area contributed by atoms with Gasteiger partial charge in [0.05, 0.1) is 11.1 Å². The van der Waals surface area contributed by atoms with E-state index in [-0.39, 0.29) is 0 Å². The van der Waals surface area contributed by atoms with Crippen molar-refractivity contribution in [3.8, 4) is 5.82 Å². The molecule has 0 aliphatic heterocycles. The van der Waals surface area contributed by atoms with Gasteiger partial charge in [-0.2, -0.15) is 13.2 Å². The molecular weight excluding hydrogens is 409 g/mol. The molecule has 2 N–H and O–H groups in total. The Morgan fingerprint density at radius 3 is 2.42 bits per heavy atom. The molecule has 0 aliphatic rings. The van der Waals surface area contributed by atoms with Crippen LogP contribution >= 0.6 is 0 Å². The zero-order valence-electron chi connectivity index (χ0n) is 15.8. The molecule has 31 heavy (non-hydrogen) atoms. The van der Waals surface area contributed by atoms with Crippen molar-refractivity contribution in [1.29, 1.82) is 0 Å². The Hall–Kier alpha value is -4.21. The third-order valence-corrected chi connectivity index (χ3v) is 4.31. The third kappa shape index (κ3) is 4.69. The topological polar surface area (TPSA) is 84.7 Å². The van der Waals surface area contributed by atoms with Gasteiger partial charge in [0.15, 0.2) is 0 Å². The van der Waals surface area contributed by atoms with Gasteiger partial charge in [-0.05, 0) is 36.4 Å². The van der Waals surface area contributed by atoms with Gasteiger partial charge in [-0.3, -0.25) is 9.36 Å². The molecule has 0 bridgehead atoms. The van der Waals surface area contributed by atoms with Gasteiger partial charge in [-0.25, -0.2) is 15.0 Å². The van der Waals surface area contributed by atoms with Gasteiger partial charge >= 0.3 is 6.18 Å². The normalized spacial score (nSPS) is 11.2. The monoisotopic (exact) mass is 424 g/mol. The van der Waals surface area contributed by atoms with E-state index < -0.39 is 23.2 Å². The predicted molar refractivity (Wildman–Crippen MR) is 108 cm³/mol. The number of alkyl halides is 3. The van der Waals surface area contributed by atoms with E-state index in [9.17, 15) is 18.0 Å². The van der Waals surface area contributed by atoms with Crippen molar-refractivity contribution in [3.63, 3.8) is 0 Å². The van der Waals surface area contributed by atoms with Crippen LogP contribution < -0.4 is 10.6 Å². The van der Waals surface area contributed by atoms with Crippen LogP contribution in [-0.4, -0.2) is 25.4 Å². The number of carbonyl (C=O) groups is 1. The van der Waals surface area contributed by atoms with E-state index in [0.717, 1.165) is 12.1 Å². The highest BCUT2D eigenvalue weighted by Gasteiger charge is 2.34. The number of halogens is 3. The maximum Gasteiger partial charge on any atom is 0.417 e. The Morgan fingerprint density at radius 2 is 1.71 bits per heavy atom. The molecule has 1 amide bonds. The van der Waals surface area contributed by atoms with E-state index in [2.05, 4.69) is 25.6 Å². The number of benzene rings is 2. The molecule has 0 saturated carbocycles. The summed E-state index contributed by atoms with van der Waals surface area (Å²) in [6.45, 7) is 0. The maximum absolute atomic E-state index is 13.1. The van der Waals surface area contributed by atoms with Gasteiger partial charge in [0.2, 0.25) is 0 Å². The molecule has 0 radical (unpaired) electrons. The molecule has 0 unspecified atom stereocenters. The van der Waals surface area contributed by atoms with Gasteiger partial charge < -0.3 is 10.6 Å². The predicted octanol–water partition coefficient (Wildman–Crippen LogP) is 4.68. The molecule has 2 aromatic heterocycles. The fraction of sp³-hybridized carbons (Fsp3) is 0.0476. The van der Waals surface area contributed by atoms with Crippen molar-refractivity contribution in [1.82, 2.24) is 19.5 Å². The van der Waals surface area contributed by atoms with Gasteiger partial charge in [0, 0.05) is 29.8 Å². The van der Waals surface area contributed by atoms with Gasteiger partial charge in [0.25, 0.3) is 5.91 Å². The number of hydrogen-bond donors (Lipinski definition) is 2. The zero-order chi connectivity index (χ0) is 21.8. The summed E-state index contributed by atoms with van der Waals surface area (Å²) in [7, 11) is 0. The summed E-state index contributed by atoms with van der Waals surface area (Å²) in [5.74, 6) is 0.325. The van der Waals surface area contributed by atoms with Crippen molar-refractivity contribution < 1.29 is 18.0 Å². The summed E-state index contributed by atoms with van der Waals surface area (Å²) in [5.41, 5.74) is -0.397. The quantitative estimate of drug-likeness (QED) is 0.486. The molecule has 0 saturated heterocycles. The van der Waals surface area contributed by atoms with Crippen LogP contribution in [0, 0.1) is 0 Å². The summed E-state index contributed by atoms with van der Waals surface area (Å²) in [4.78, 5) is 24.7. The van der Waals surface area contributed by atoms with Crippen molar-refractivity contribution >= 4 is 23.1 Å². The molecule has 4 aromatic rings. The third-order valence-electron chi connectivity index (χ3n) is 4.31. The number of rotatable bonds is 5. The molecule has 0 aliphatic carbocycles. The van der Waals surface area contributed by atoms with Crippen molar-refractivity contribution in [2.45, 2.75) is 6.18 Å². The molecular formula is C21H15F3N6O. The van der Waals surface area contributed by atoms with Crippen molar-refractivity contribution in [2.24, 2.45) is 0 Å². The summed E-state index contributed by atoms with van der Waals surface area (Å²) >= 11 is 0. The Bertz CT molecular complexity index is 1190. The van der Waals surface area contributed by atoms with Crippen LogP contribution in [0.1, 0.15) is 15.9 Å². The zero-order valence-corrected chi connectivity index (χ0v) is 15.8. The average molecular weight is 424 g/mol. The lowest BCUT2D eigenvalue weighted by atomic mass is 10.1. The molecule has 0 spiro atoms. The SMILES string of the molecule is O=C(Nc1ccc(Nc2cc(-n3ccnc3)ncn2)cc1)c1ccccc1C(F)(F)F. The van der Waals surface area contributed by atoms with Crippen molar-refractivity contribution in [2.75, 3.05) is 10.6 Å². The number of imidazole rings is 1. The minimum Gasteiger partial charge on any atom is -0.340 e. The highest BCUT2D eigenvalue weighted by molar-refractivity contribution is 6.05. The highest BCUT2D eigenvalue weighted by Crippen LogP contribution is 2.32. The minimum absolute atomic E-state index is 0.356. The number of hydrogen-bond acceptors (Lipinski definition) is 5. The second-order valence-electron chi connectivity index (χ2n) is 6.43.